The summed E-state index contributed by atoms with van der Waals surface area (Å²) in [5.41, 5.74) is -0.877. The number of sulfonamides is 1. The van der Waals surface area contributed by atoms with Crippen LogP contribution in [-0.4, -0.2) is 50.0 Å². The molecule has 1 atom stereocenters. The molecule has 1 N–H and O–H groups in total. The molecule has 2 amide bonds. The van der Waals surface area contributed by atoms with Crippen molar-refractivity contribution in [1.29, 1.82) is 0 Å². The Morgan fingerprint density at radius 3 is 2.23 bits per heavy atom. The first-order valence-corrected chi connectivity index (χ1v) is 12.8. The van der Waals surface area contributed by atoms with Crippen molar-refractivity contribution in [2.24, 2.45) is 0 Å². The predicted octanol–water partition coefficient (Wildman–Crippen LogP) is 4.07. The number of rotatable bonds is 9. The van der Waals surface area contributed by atoms with Gasteiger partial charge in [0.05, 0.1) is 17.5 Å². The Hall–Kier alpha value is -2.79. The van der Waals surface area contributed by atoms with E-state index in [2.05, 4.69) is 5.32 Å². The van der Waals surface area contributed by atoms with Gasteiger partial charge in [-0.25, -0.2) is 8.42 Å². The van der Waals surface area contributed by atoms with Gasteiger partial charge in [0.25, 0.3) is 0 Å². The van der Waals surface area contributed by atoms with Gasteiger partial charge in [-0.2, -0.15) is 13.2 Å². The van der Waals surface area contributed by atoms with Gasteiger partial charge in [-0.1, -0.05) is 35.9 Å². The third-order valence-corrected chi connectivity index (χ3v) is 6.55. The van der Waals surface area contributed by atoms with E-state index in [0.717, 1.165) is 29.4 Å². The van der Waals surface area contributed by atoms with E-state index in [1.807, 2.05) is 0 Å². The van der Waals surface area contributed by atoms with E-state index in [1.54, 1.807) is 38.1 Å². The summed E-state index contributed by atoms with van der Waals surface area (Å²) in [6.07, 6.45) is -3.92. The molecule has 0 aromatic heterocycles. The lowest BCUT2D eigenvalue weighted by molar-refractivity contribution is -0.139. The first-order valence-electron chi connectivity index (χ1n) is 10.6. The van der Waals surface area contributed by atoms with Crippen molar-refractivity contribution in [1.82, 2.24) is 10.2 Å². The zero-order valence-corrected chi connectivity index (χ0v) is 21.2. The Morgan fingerprint density at radius 2 is 1.69 bits per heavy atom. The smallest absolute Gasteiger partial charge is 0.352 e. The first-order chi connectivity index (χ1) is 16.1. The van der Waals surface area contributed by atoms with Crippen molar-refractivity contribution in [3.05, 3.63) is 64.7 Å². The van der Waals surface area contributed by atoms with Crippen LogP contribution in [0, 0.1) is 0 Å². The largest absolute Gasteiger partial charge is 0.416 e. The Balaban J connectivity index is 2.46. The minimum atomic E-state index is -4.71. The number of anilines is 1. The fourth-order valence-corrected chi connectivity index (χ4v) is 4.29. The lowest BCUT2D eigenvalue weighted by Gasteiger charge is -2.32. The Labute approximate surface area is 207 Å². The van der Waals surface area contributed by atoms with Gasteiger partial charge in [-0.3, -0.25) is 13.9 Å². The summed E-state index contributed by atoms with van der Waals surface area (Å²) in [6.45, 7) is 4.02. The van der Waals surface area contributed by atoms with Crippen molar-refractivity contribution in [2.75, 3.05) is 17.1 Å². The predicted molar refractivity (Wildman–Crippen MR) is 128 cm³/mol. The Kier molecular flexibility index (Phi) is 9.18. The second-order valence-corrected chi connectivity index (χ2v) is 10.6. The first kappa shape index (κ1) is 28.4. The van der Waals surface area contributed by atoms with Crippen molar-refractivity contribution < 1.29 is 31.2 Å². The van der Waals surface area contributed by atoms with Crippen molar-refractivity contribution in [3.63, 3.8) is 0 Å². The highest BCUT2D eigenvalue weighted by atomic mass is 35.5. The van der Waals surface area contributed by atoms with Crippen LogP contribution >= 0.6 is 11.6 Å². The van der Waals surface area contributed by atoms with E-state index >= 15 is 0 Å². The third kappa shape index (κ3) is 7.86. The molecular formula is C23H27ClF3N3O4S. The second kappa shape index (κ2) is 11.3. The molecule has 0 heterocycles. The summed E-state index contributed by atoms with van der Waals surface area (Å²) in [6, 6.07) is 9.05. The van der Waals surface area contributed by atoms with Crippen LogP contribution in [0.3, 0.4) is 0 Å². The minimum Gasteiger partial charge on any atom is -0.352 e. The molecule has 0 aliphatic rings. The molecule has 0 aliphatic carbocycles. The molecule has 0 aliphatic heterocycles. The molecule has 7 nitrogen and oxygen atoms in total. The molecule has 2 aromatic carbocycles. The number of carbonyl (C=O) groups excluding carboxylic acids is 2. The minimum absolute atomic E-state index is 0.120. The average Bonchev–Trinajstić information content (AvgIpc) is 2.74. The molecule has 192 valence electrons. The molecule has 0 spiro atoms. The van der Waals surface area contributed by atoms with Crippen LogP contribution in [0.4, 0.5) is 18.9 Å². The fourth-order valence-electron chi connectivity index (χ4n) is 3.25. The second-order valence-electron chi connectivity index (χ2n) is 8.27. The van der Waals surface area contributed by atoms with Crippen molar-refractivity contribution in [2.45, 2.75) is 45.6 Å². The number of amides is 2. The monoisotopic (exact) mass is 533 g/mol. The van der Waals surface area contributed by atoms with Gasteiger partial charge < -0.3 is 10.2 Å². The fraction of sp³-hybridized carbons (Fsp3) is 0.391. The van der Waals surface area contributed by atoms with E-state index in [1.165, 1.54) is 6.92 Å². The quantitative estimate of drug-likeness (QED) is 0.526. The van der Waals surface area contributed by atoms with Gasteiger partial charge >= 0.3 is 6.18 Å². The topological polar surface area (TPSA) is 86.8 Å². The van der Waals surface area contributed by atoms with Gasteiger partial charge in [-0.05, 0) is 50.6 Å². The molecule has 2 rings (SSSR count). The number of hydrogen-bond donors (Lipinski definition) is 1. The number of alkyl halides is 3. The number of hydrogen-bond acceptors (Lipinski definition) is 4. The van der Waals surface area contributed by atoms with Crippen LogP contribution in [0.2, 0.25) is 5.02 Å². The highest BCUT2D eigenvalue weighted by Crippen LogP contribution is 2.32. The molecule has 0 saturated carbocycles. The van der Waals surface area contributed by atoms with Crippen LogP contribution in [0.15, 0.2) is 48.5 Å². The summed E-state index contributed by atoms with van der Waals surface area (Å²) in [4.78, 5) is 27.2. The molecule has 12 heteroatoms. The molecule has 0 fully saturated rings. The maximum absolute atomic E-state index is 13.4. The molecule has 0 unspecified atom stereocenters. The molecule has 0 saturated heterocycles. The van der Waals surface area contributed by atoms with E-state index in [4.69, 9.17) is 11.6 Å². The average molecular weight is 534 g/mol. The molecular weight excluding hydrogens is 507 g/mol. The highest BCUT2D eigenvalue weighted by Gasteiger charge is 2.33. The molecule has 0 radical (unpaired) electrons. The Morgan fingerprint density at radius 1 is 1.06 bits per heavy atom. The lowest BCUT2D eigenvalue weighted by Crippen LogP contribution is -2.52. The standard InChI is InChI=1S/C23H27ClF3N3O4S/c1-15(2)28-22(32)16(3)29(13-17-8-5-6-11-20(17)24)21(31)14-30(35(4,33)34)19-10-7-9-18(12-19)23(25,26)27/h5-12,15-16H,13-14H2,1-4H3,(H,28,32)/t16-/m1/s1. The number of halogens is 4. The summed E-state index contributed by atoms with van der Waals surface area (Å²) >= 11 is 6.22. The number of nitrogens with zero attached hydrogens (tertiary/aromatic N) is 2. The summed E-state index contributed by atoms with van der Waals surface area (Å²) in [7, 11) is -4.16. The van der Waals surface area contributed by atoms with Gasteiger partial charge in [-0.15, -0.1) is 0 Å². The normalized spacial score (nSPS) is 12.8. The summed E-state index contributed by atoms with van der Waals surface area (Å²) in [5, 5.41) is 3.03. The van der Waals surface area contributed by atoms with E-state index in [9.17, 15) is 31.2 Å². The van der Waals surface area contributed by atoms with E-state index < -0.39 is 46.2 Å². The Bertz CT molecular complexity index is 1170. The molecule has 0 bridgehead atoms. The van der Waals surface area contributed by atoms with Crippen LogP contribution in [0.5, 0.6) is 0 Å². The van der Waals surface area contributed by atoms with Gasteiger partial charge in [0.15, 0.2) is 0 Å². The van der Waals surface area contributed by atoms with E-state index in [-0.39, 0.29) is 18.3 Å². The number of benzene rings is 2. The highest BCUT2D eigenvalue weighted by molar-refractivity contribution is 7.92. The van der Waals surface area contributed by atoms with Gasteiger partial charge in [0.2, 0.25) is 21.8 Å². The SMILES string of the molecule is CC(C)NC(=O)[C@@H](C)N(Cc1ccccc1Cl)C(=O)CN(c1cccc(C(F)(F)F)c1)S(C)(=O)=O. The van der Waals surface area contributed by atoms with Crippen LogP contribution in [0.25, 0.3) is 0 Å². The molecule has 2 aromatic rings. The maximum Gasteiger partial charge on any atom is 0.416 e. The van der Waals surface area contributed by atoms with Crippen molar-refractivity contribution >= 4 is 39.1 Å². The molecule has 35 heavy (non-hydrogen) atoms. The third-order valence-electron chi connectivity index (χ3n) is 5.04. The van der Waals surface area contributed by atoms with Gasteiger partial charge in [0, 0.05) is 17.6 Å². The summed E-state index contributed by atoms with van der Waals surface area (Å²) < 4.78 is 65.1. The maximum atomic E-state index is 13.4. The number of nitrogens with one attached hydrogen (secondary N) is 1. The number of carbonyl (C=O) groups is 2. The van der Waals surface area contributed by atoms with Crippen LogP contribution in [0.1, 0.15) is 31.9 Å². The van der Waals surface area contributed by atoms with Crippen LogP contribution < -0.4 is 9.62 Å². The zero-order chi connectivity index (χ0) is 26.6. The van der Waals surface area contributed by atoms with Gasteiger partial charge in [0.1, 0.15) is 12.6 Å². The zero-order valence-electron chi connectivity index (χ0n) is 19.6. The van der Waals surface area contributed by atoms with Crippen molar-refractivity contribution in [3.8, 4) is 0 Å². The summed E-state index contributed by atoms with van der Waals surface area (Å²) in [5.74, 6) is -1.27. The van der Waals surface area contributed by atoms with Crippen LogP contribution in [-0.2, 0) is 32.3 Å². The van der Waals surface area contributed by atoms with E-state index in [0.29, 0.717) is 21.0 Å². The lowest BCUT2D eigenvalue weighted by atomic mass is 10.1.